The molecule has 0 aliphatic rings. The molecule has 2 aromatic carbocycles. The van der Waals surface area contributed by atoms with E-state index in [0.29, 0.717) is 23.8 Å². The Bertz CT molecular complexity index is 816. The van der Waals surface area contributed by atoms with Crippen LogP contribution in [0.2, 0.25) is 0 Å². The Morgan fingerprint density at radius 2 is 2.14 bits per heavy atom. The van der Waals surface area contributed by atoms with Crippen LogP contribution in [0.4, 0.5) is 10.3 Å². The van der Waals surface area contributed by atoms with Crippen molar-refractivity contribution in [3.63, 3.8) is 0 Å². The Balaban J connectivity index is 2.28. The minimum absolute atomic E-state index is 0.277. The average molecular weight is 397 g/mol. The molecule has 0 aliphatic heterocycles. The van der Waals surface area contributed by atoms with Crippen LogP contribution in [0.5, 0.6) is 5.75 Å². The van der Waals surface area contributed by atoms with Gasteiger partial charge in [0.05, 0.1) is 17.8 Å². The summed E-state index contributed by atoms with van der Waals surface area (Å²) in [6, 6.07) is 10.2. The van der Waals surface area contributed by atoms with Crippen molar-refractivity contribution in [2.45, 2.75) is 6.92 Å². The topological polar surface area (TPSA) is 53.1 Å². The van der Waals surface area contributed by atoms with Gasteiger partial charge in [-0.05, 0) is 59.8 Å². The number of benzene rings is 2. The van der Waals surface area contributed by atoms with Crippen molar-refractivity contribution in [2.24, 2.45) is 0 Å². The molecule has 0 spiro atoms. The van der Waals surface area contributed by atoms with Gasteiger partial charge in [-0.2, -0.15) is 0 Å². The molecule has 0 radical (unpaired) electrons. The number of rotatable bonds is 3. The Morgan fingerprint density at radius 1 is 1.33 bits per heavy atom. The molecule has 0 saturated heterocycles. The Morgan fingerprint density at radius 3 is 2.86 bits per heavy atom. The van der Waals surface area contributed by atoms with Gasteiger partial charge in [-0.25, -0.2) is 9.37 Å². The first-order valence-corrected chi connectivity index (χ1v) is 7.55. The van der Waals surface area contributed by atoms with Gasteiger partial charge in [-0.1, -0.05) is 6.07 Å². The normalized spacial score (nSPS) is 11.0. The number of nitrogens with zero attached hydrogens (tertiary/aromatic N) is 2. The number of hydrogen-bond donors (Lipinski definition) is 1. The van der Waals surface area contributed by atoms with E-state index in [1.165, 1.54) is 12.1 Å². The van der Waals surface area contributed by atoms with Gasteiger partial charge in [0.25, 0.3) is 0 Å². The highest BCUT2D eigenvalue weighted by atomic mass is 127. The van der Waals surface area contributed by atoms with Crippen LogP contribution in [0.1, 0.15) is 6.92 Å². The SMILES string of the molecule is CCOc1cccc2c1nc(N)n2-c1ccc(F)cc1I. The van der Waals surface area contributed by atoms with Crippen LogP contribution >= 0.6 is 22.6 Å². The lowest BCUT2D eigenvalue weighted by atomic mass is 10.2. The molecule has 0 amide bonds. The van der Waals surface area contributed by atoms with E-state index in [2.05, 4.69) is 27.6 Å². The Kier molecular flexibility index (Phi) is 3.71. The summed E-state index contributed by atoms with van der Waals surface area (Å²) in [5.41, 5.74) is 8.40. The first-order chi connectivity index (χ1) is 10.1. The van der Waals surface area contributed by atoms with E-state index in [4.69, 9.17) is 10.5 Å². The second-order valence-corrected chi connectivity index (χ2v) is 5.62. The van der Waals surface area contributed by atoms with E-state index in [0.717, 1.165) is 14.8 Å². The summed E-state index contributed by atoms with van der Waals surface area (Å²) in [7, 11) is 0. The summed E-state index contributed by atoms with van der Waals surface area (Å²) in [6.07, 6.45) is 0. The van der Waals surface area contributed by atoms with E-state index in [1.54, 1.807) is 10.6 Å². The fraction of sp³-hybridized carbons (Fsp3) is 0.133. The van der Waals surface area contributed by atoms with Gasteiger partial charge < -0.3 is 10.5 Å². The highest BCUT2D eigenvalue weighted by Crippen LogP contribution is 2.31. The summed E-state index contributed by atoms with van der Waals surface area (Å²) in [6.45, 7) is 2.47. The van der Waals surface area contributed by atoms with Gasteiger partial charge in [-0.15, -0.1) is 0 Å². The van der Waals surface area contributed by atoms with E-state index < -0.39 is 0 Å². The van der Waals surface area contributed by atoms with Crippen LogP contribution in [-0.2, 0) is 0 Å². The molecule has 108 valence electrons. The molecular weight excluding hydrogens is 384 g/mol. The fourth-order valence-corrected chi connectivity index (χ4v) is 3.00. The van der Waals surface area contributed by atoms with E-state index in [-0.39, 0.29) is 5.82 Å². The van der Waals surface area contributed by atoms with Gasteiger partial charge >= 0.3 is 0 Å². The van der Waals surface area contributed by atoms with Crippen LogP contribution < -0.4 is 10.5 Å². The van der Waals surface area contributed by atoms with Gasteiger partial charge in [0.2, 0.25) is 5.95 Å². The molecule has 3 aromatic rings. The molecule has 0 unspecified atom stereocenters. The van der Waals surface area contributed by atoms with Gasteiger partial charge in [0.15, 0.2) is 0 Å². The number of aromatic nitrogens is 2. The maximum Gasteiger partial charge on any atom is 0.206 e. The van der Waals surface area contributed by atoms with Crippen LogP contribution in [0.15, 0.2) is 36.4 Å². The molecule has 0 saturated carbocycles. The third-order valence-electron chi connectivity index (χ3n) is 3.12. The molecule has 0 fully saturated rings. The number of halogens is 2. The largest absolute Gasteiger partial charge is 0.492 e. The van der Waals surface area contributed by atoms with Crippen LogP contribution in [-0.4, -0.2) is 16.2 Å². The van der Waals surface area contributed by atoms with Crippen molar-refractivity contribution >= 4 is 39.6 Å². The van der Waals surface area contributed by atoms with Crippen LogP contribution in [0.3, 0.4) is 0 Å². The maximum atomic E-state index is 13.3. The molecule has 2 N–H and O–H groups in total. The third kappa shape index (κ3) is 2.44. The highest BCUT2D eigenvalue weighted by molar-refractivity contribution is 14.1. The smallest absolute Gasteiger partial charge is 0.206 e. The van der Waals surface area contributed by atoms with Crippen molar-refractivity contribution in [3.05, 3.63) is 45.8 Å². The highest BCUT2D eigenvalue weighted by Gasteiger charge is 2.15. The van der Waals surface area contributed by atoms with Crippen molar-refractivity contribution in [2.75, 3.05) is 12.3 Å². The van der Waals surface area contributed by atoms with Gasteiger partial charge in [-0.3, -0.25) is 4.57 Å². The number of nitrogen functional groups attached to an aromatic ring is 1. The van der Waals surface area contributed by atoms with Crippen LogP contribution in [0.25, 0.3) is 16.7 Å². The second-order valence-electron chi connectivity index (χ2n) is 4.46. The van der Waals surface area contributed by atoms with Crippen LogP contribution in [0, 0.1) is 9.39 Å². The summed E-state index contributed by atoms with van der Waals surface area (Å²) >= 11 is 2.09. The summed E-state index contributed by atoms with van der Waals surface area (Å²) < 4.78 is 21.4. The molecular formula is C15H13FIN3O. The summed E-state index contributed by atoms with van der Waals surface area (Å²) in [5, 5.41) is 0. The predicted octanol–water partition coefficient (Wildman–Crippen LogP) is 3.75. The first-order valence-electron chi connectivity index (χ1n) is 6.47. The number of fused-ring (bicyclic) bond motifs is 1. The molecule has 21 heavy (non-hydrogen) atoms. The van der Waals surface area contributed by atoms with Gasteiger partial charge in [0, 0.05) is 3.57 Å². The van der Waals surface area contributed by atoms with Crippen molar-refractivity contribution < 1.29 is 9.13 Å². The summed E-state index contributed by atoms with van der Waals surface area (Å²) in [5.74, 6) is 0.764. The number of anilines is 1. The quantitative estimate of drug-likeness (QED) is 0.685. The van der Waals surface area contributed by atoms with E-state index in [9.17, 15) is 4.39 Å². The number of hydrogen-bond acceptors (Lipinski definition) is 3. The zero-order chi connectivity index (χ0) is 15.0. The standard InChI is InChI=1S/C15H13FIN3O/c1-2-21-13-5-3-4-12-14(13)19-15(18)20(12)11-7-6-9(16)8-10(11)17/h3-8H,2H2,1H3,(H2,18,19). The third-order valence-corrected chi connectivity index (χ3v) is 3.99. The minimum atomic E-state index is -0.277. The van der Waals surface area contributed by atoms with Crippen molar-refractivity contribution in [1.82, 2.24) is 9.55 Å². The maximum absolute atomic E-state index is 13.3. The van der Waals surface area contributed by atoms with Crippen molar-refractivity contribution in [1.29, 1.82) is 0 Å². The fourth-order valence-electron chi connectivity index (χ4n) is 2.28. The lowest BCUT2D eigenvalue weighted by molar-refractivity contribution is 0.344. The van der Waals surface area contributed by atoms with E-state index >= 15 is 0 Å². The predicted molar refractivity (Wildman–Crippen MR) is 89.3 cm³/mol. The lowest BCUT2D eigenvalue weighted by Crippen LogP contribution is -2.02. The zero-order valence-corrected chi connectivity index (χ0v) is 13.5. The molecule has 0 bridgehead atoms. The number of nitrogens with two attached hydrogens (primary N) is 1. The molecule has 0 aliphatic carbocycles. The zero-order valence-electron chi connectivity index (χ0n) is 11.3. The Hall–Kier alpha value is -1.83. The number of para-hydroxylation sites is 1. The number of imidazole rings is 1. The summed E-state index contributed by atoms with van der Waals surface area (Å²) in [4.78, 5) is 4.39. The molecule has 3 rings (SSSR count). The first kappa shape index (κ1) is 14.1. The minimum Gasteiger partial charge on any atom is -0.492 e. The lowest BCUT2D eigenvalue weighted by Gasteiger charge is -2.09. The monoisotopic (exact) mass is 397 g/mol. The Labute approximate surface area is 134 Å². The average Bonchev–Trinajstić information content (AvgIpc) is 2.77. The molecule has 1 heterocycles. The molecule has 4 nitrogen and oxygen atoms in total. The second kappa shape index (κ2) is 5.51. The molecule has 1 aromatic heterocycles. The molecule has 0 atom stereocenters. The number of ether oxygens (including phenoxy) is 1. The van der Waals surface area contributed by atoms with Crippen molar-refractivity contribution in [3.8, 4) is 11.4 Å². The van der Waals surface area contributed by atoms with Gasteiger partial charge in [0.1, 0.15) is 17.1 Å². The molecule has 6 heteroatoms. The van der Waals surface area contributed by atoms with E-state index in [1.807, 2.05) is 25.1 Å².